The first-order valence-electron chi connectivity index (χ1n) is 6.91. The Morgan fingerprint density at radius 1 is 1.32 bits per heavy atom. The van der Waals surface area contributed by atoms with E-state index in [1.165, 1.54) is 5.56 Å². The summed E-state index contributed by atoms with van der Waals surface area (Å²) in [5, 5.41) is 6.34. The number of benzene rings is 1. The molecule has 2 rings (SSSR count). The van der Waals surface area contributed by atoms with Crippen molar-refractivity contribution in [3.8, 4) is 5.75 Å². The number of hydrogen-bond donors (Lipinski definition) is 2. The molecule has 1 amide bonds. The second-order valence-electron chi connectivity index (χ2n) is 4.97. The minimum atomic E-state index is 0.189. The zero-order chi connectivity index (χ0) is 13.5. The van der Waals surface area contributed by atoms with Crippen molar-refractivity contribution in [3.05, 3.63) is 29.8 Å². The van der Waals surface area contributed by atoms with E-state index in [2.05, 4.69) is 10.6 Å². The summed E-state index contributed by atoms with van der Waals surface area (Å²) >= 11 is 0. The summed E-state index contributed by atoms with van der Waals surface area (Å²) in [5.41, 5.74) is 1.23. The fraction of sp³-hybridized carbons (Fsp3) is 0.533. The van der Waals surface area contributed by atoms with Gasteiger partial charge in [-0.3, -0.25) is 4.79 Å². The van der Waals surface area contributed by atoms with Crippen LogP contribution in [0.5, 0.6) is 5.75 Å². The fourth-order valence-corrected chi connectivity index (χ4v) is 1.88. The van der Waals surface area contributed by atoms with Crippen molar-refractivity contribution in [2.24, 2.45) is 0 Å². The molecule has 0 radical (unpaired) electrons. The summed E-state index contributed by atoms with van der Waals surface area (Å²) in [7, 11) is 1.67. The zero-order valence-electron chi connectivity index (χ0n) is 11.4. The van der Waals surface area contributed by atoms with Gasteiger partial charge in [0.2, 0.25) is 5.91 Å². The quantitative estimate of drug-likeness (QED) is 0.703. The van der Waals surface area contributed by atoms with Crippen molar-refractivity contribution >= 4 is 5.91 Å². The number of carbonyl (C=O) groups is 1. The zero-order valence-corrected chi connectivity index (χ0v) is 11.4. The number of hydrogen-bond acceptors (Lipinski definition) is 3. The molecule has 1 aromatic carbocycles. The summed E-state index contributed by atoms with van der Waals surface area (Å²) in [6.45, 7) is 1.69. The van der Waals surface area contributed by atoms with Crippen LogP contribution in [0.15, 0.2) is 24.3 Å². The van der Waals surface area contributed by atoms with Crippen molar-refractivity contribution in [1.29, 1.82) is 0 Å². The van der Waals surface area contributed by atoms with Crippen LogP contribution in [0.3, 0.4) is 0 Å². The Bertz CT molecular complexity index is 399. The highest BCUT2D eigenvalue weighted by Crippen LogP contribution is 2.18. The van der Waals surface area contributed by atoms with Gasteiger partial charge in [-0.1, -0.05) is 12.1 Å². The molecule has 2 N–H and O–H groups in total. The minimum Gasteiger partial charge on any atom is -0.497 e. The summed E-state index contributed by atoms with van der Waals surface area (Å²) < 4.78 is 5.11. The van der Waals surface area contributed by atoms with Gasteiger partial charge in [0.25, 0.3) is 0 Å². The maximum absolute atomic E-state index is 11.4. The highest BCUT2D eigenvalue weighted by atomic mass is 16.5. The molecule has 0 spiro atoms. The van der Waals surface area contributed by atoms with Gasteiger partial charge in [-0.05, 0) is 43.5 Å². The number of amides is 1. The van der Waals surface area contributed by atoms with Gasteiger partial charge in [-0.25, -0.2) is 0 Å². The van der Waals surface area contributed by atoms with Crippen LogP contribution in [0.25, 0.3) is 0 Å². The van der Waals surface area contributed by atoms with E-state index in [1.54, 1.807) is 7.11 Å². The first-order chi connectivity index (χ1) is 9.28. The third-order valence-electron chi connectivity index (χ3n) is 3.19. The van der Waals surface area contributed by atoms with Crippen LogP contribution < -0.4 is 15.4 Å². The van der Waals surface area contributed by atoms with Gasteiger partial charge >= 0.3 is 0 Å². The lowest BCUT2D eigenvalue weighted by atomic mass is 10.2. The van der Waals surface area contributed by atoms with E-state index in [1.807, 2.05) is 24.3 Å². The first-order valence-corrected chi connectivity index (χ1v) is 6.91. The van der Waals surface area contributed by atoms with E-state index >= 15 is 0 Å². The first kappa shape index (κ1) is 13.9. The van der Waals surface area contributed by atoms with Crippen LogP contribution in [0.2, 0.25) is 0 Å². The number of ether oxygens (including phenoxy) is 1. The molecule has 19 heavy (non-hydrogen) atoms. The molecule has 0 atom stereocenters. The lowest BCUT2D eigenvalue weighted by molar-refractivity contribution is -0.121. The second kappa shape index (κ2) is 7.14. The number of nitrogens with one attached hydrogen (secondary N) is 2. The normalized spacial score (nSPS) is 14.2. The monoisotopic (exact) mass is 262 g/mol. The third-order valence-corrected chi connectivity index (χ3v) is 3.19. The van der Waals surface area contributed by atoms with E-state index in [0.29, 0.717) is 12.5 Å². The Morgan fingerprint density at radius 2 is 2.05 bits per heavy atom. The lowest BCUT2D eigenvalue weighted by Crippen LogP contribution is -2.26. The molecule has 1 aromatic rings. The van der Waals surface area contributed by atoms with Crippen molar-refractivity contribution < 1.29 is 9.53 Å². The predicted octanol–water partition coefficient (Wildman–Crippen LogP) is 1.84. The summed E-state index contributed by atoms with van der Waals surface area (Å²) in [6, 6.07) is 8.48. The Morgan fingerprint density at radius 3 is 2.68 bits per heavy atom. The van der Waals surface area contributed by atoms with Gasteiger partial charge < -0.3 is 15.4 Å². The fourth-order valence-electron chi connectivity index (χ4n) is 1.88. The Hall–Kier alpha value is -1.55. The van der Waals surface area contributed by atoms with E-state index in [0.717, 1.165) is 38.1 Å². The van der Waals surface area contributed by atoms with E-state index in [-0.39, 0.29) is 5.91 Å². The number of rotatable bonds is 8. The molecule has 104 valence electrons. The molecule has 0 saturated heterocycles. The Balaban J connectivity index is 1.54. The van der Waals surface area contributed by atoms with E-state index in [4.69, 9.17) is 4.74 Å². The van der Waals surface area contributed by atoms with Crippen molar-refractivity contribution in [1.82, 2.24) is 10.6 Å². The Kier molecular flexibility index (Phi) is 5.21. The lowest BCUT2D eigenvalue weighted by Gasteiger charge is -2.06. The average molecular weight is 262 g/mol. The van der Waals surface area contributed by atoms with Gasteiger partial charge in [0, 0.05) is 19.0 Å². The molecular formula is C15H22N2O2. The summed E-state index contributed by atoms with van der Waals surface area (Å²) in [4.78, 5) is 11.4. The van der Waals surface area contributed by atoms with Gasteiger partial charge in [-0.2, -0.15) is 0 Å². The van der Waals surface area contributed by atoms with Crippen LogP contribution >= 0.6 is 0 Å². The standard InChI is InChI=1S/C15H22N2O2/c1-19-14-8-4-12(5-9-14)11-16-10-2-3-15(18)17-13-6-7-13/h4-5,8-9,13,16H,2-3,6-7,10-11H2,1H3,(H,17,18). The SMILES string of the molecule is COc1ccc(CNCCCC(=O)NC2CC2)cc1. The van der Waals surface area contributed by atoms with Crippen LogP contribution in [-0.2, 0) is 11.3 Å². The van der Waals surface area contributed by atoms with Crippen molar-refractivity contribution in [2.45, 2.75) is 38.3 Å². The highest BCUT2D eigenvalue weighted by molar-refractivity contribution is 5.76. The molecule has 0 heterocycles. The van der Waals surface area contributed by atoms with Crippen LogP contribution in [0, 0.1) is 0 Å². The van der Waals surface area contributed by atoms with Gasteiger partial charge in [0.1, 0.15) is 5.75 Å². The number of carbonyl (C=O) groups excluding carboxylic acids is 1. The van der Waals surface area contributed by atoms with Crippen LogP contribution in [0.4, 0.5) is 0 Å². The summed E-state index contributed by atoms with van der Waals surface area (Å²) in [5.74, 6) is 1.06. The van der Waals surface area contributed by atoms with Gasteiger partial charge in [0.05, 0.1) is 7.11 Å². The molecule has 1 aliphatic carbocycles. The van der Waals surface area contributed by atoms with Crippen molar-refractivity contribution in [2.75, 3.05) is 13.7 Å². The predicted molar refractivity (Wildman–Crippen MR) is 75.1 cm³/mol. The average Bonchev–Trinajstić information content (AvgIpc) is 3.23. The molecular weight excluding hydrogens is 240 g/mol. The molecule has 4 heteroatoms. The maximum Gasteiger partial charge on any atom is 0.220 e. The smallest absolute Gasteiger partial charge is 0.220 e. The van der Waals surface area contributed by atoms with E-state index < -0.39 is 0 Å². The molecule has 0 unspecified atom stereocenters. The molecule has 4 nitrogen and oxygen atoms in total. The molecule has 0 aliphatic heterocycles. The molecule has 0 bridgehead atoms. The Labute approximate surface area is 114 Å². The van der Waals surface area contributed by atoms with E-state index in [9.17, 15) is 4.79 Å². The largest absolute Gasteiger partial charge is 0.497 e. The third kappa shape index (κ3) is 5.30. The molecule has 1 aliphatic rings. The molecule has 1 saturated carbocycles. The topological polar surface area (TPSA) is 50.4 Å². The molecule has 0 aromatic heterocycles. The maximum atomic E-state index is 11.4. The summed E-state index contributed by atoms with van der Waals surface area (Å²) in [6.07, 6.45) is 3.81. The van der Waals surface area contributed by atoms with Gasteiger partial charge in [0.15, 0.2) is 0 Å². The van der Waals surface area contributed by atoms with Crippen molar-refractivity contribution in [3.63, 3.8) is 0 Å². The highest BCUT2D eigenvalue weighted by Gasteiger charge is 2.22. The molecule has 1 fully saturated rings. The minimum absolute atomic E-state index is 0.189. The number of methoxy groups -OCH3 is 1. The van der Waals surface area contributed by atoms with Crippen LogP contribution in [-0.4, -0.2) is 25.6 Å². The van der Waals surface area contributed by atoms with Crippen LogP contribution in [0.1, 0.15) is 31.2 Å². The second-order valence-corrected chi connectivity index (χ2v) is 4.97. The van der Waals surface area contributed by atoms with Gasteiger partial charge in [-0.15, -0.1) is 0 Å².